The Balaban J connectivity index is 0.00000181. The molecule has 2 N–H and O–H groups in total. The molecular weight excluding hydrogens is 449 g/mol. The van der Waals surface area contributed by atoms with Crippen LogP contribution in [0.4, 0.5) is 5.69 Å². The summed E-state index contributed by atoms with van der Waals surface area (Å²) in [5.74, 6) is 1.40. The molecule has 2 aromatic carbocycles. The minimum Gasteiger partial charge on any atom is -0.493 e. The third kappa shape index (κ3) is 6.13. The number of rotatable bonds is 7. The monoisotopic (exact) mass is 479 g/mol. The summed E-state index contributed by atoms with van der Waals surface area (Å²) >= 11 is 0. The van der Waals surface area contributed by atoms with Crippen LogP contribution in [0.1, 0.15) is 6.42 Å². The van der Waals surface area contributed by atoms with Crippen LogP contribution in [0.2, 0.25) is 0 Å². The normalized spacial score (nSPS) is 14.4. The van der Waals surface area contributed by atoms with E-state index in [-0.39, 0.29) is 24.8 Å². The fraction of sp³-hybridized carbons (Fsp3) is 0.391. The number of likely N-dealkylation sites (N-methyl/N-ethyl adjacent to an activating group) is 1. The van der Waals surface area contributed by atoms with Gasteiger partial charge in [-0.25, -0.2) is 9.97 Å². The summed E-state index contributed by atoms with van der Waals surface area (Å²) in [6.07, 6.45) is 2.56. The maximum absolute atomic E-state index is 6.07. The van der Waals surface area contributed by atoms with E-state index in [4.69, 9.17) is 15.2 Å². The van der Waals surface area contributed by atoms with Crippen LogP contribution in [0.15, 0.2) is 42.7 Å². The first-order valence-corrected chi connectivity index (χ1v) is 10.4. The van der Waals surface area contributed by atoms with E-state index in [1.165, 1.54) is 0 Å². The zero-order valence-corrected chi connectivity index (χ0v) is 20.1. The lowest BCUT2D eigenvalue weighted by Crippen LogP contribution is -2.44. The van der Waals surface area contributed by atoms with Crippen molar-refractivity contribution in [3.8, 4) is 22.8 Å². The van der Waals surface area contributed by atoms with Gasteiger partial charge in [0.1, 0.15) is 6.33 Å². The SMILES string of the molecule is COc1cc2c(-c3ccc(N)cc3)ncnc2cc1OCCCN1CCN(C)CC1.Cl.Cl. The third-order valence-electron chi connectivity index (χ3n) is 5.58. The van der Waals surface area contributed by atoms with Crippen LogP contribution in [0, 0.1) is 0 Å². The van der Waals surface area contributed by atoms with Gasteiger partial charge in [0.05, 0.1) is 24.9 Å². The van der Waals surface area contributed by atoms with Crippen molar-refractivity contribution < 1.29 is 9.47 Å². The molecule has 1 fully saturated rings. The van der Waals surface area contributed by atoms with E-state index < -0.39 is 0 Å². The fourth-order valence-electron chi connectivity index (χ4n) is 3.75. The molecule has 1 saturated heterocycles. The number of aromatic nitrogens is 2. The first-order chi connectivity index (χ1) is 14.6. The molecule has 0 spiro atoms. The lowest BCUT2D eigenvalue weighted by Gasteiger charge is -2.32. The summed E-state index contributed by atoms with van der Waals surface area (Å²) in [6.45, 7) is 6.21. The molecule has 0 unspecified atom stereocenters. The first-order valence-electron chi connectivity index (χ1n) is 10.4. The highest BCUT2D eigenvalue weighted by atomic mass is 35.5. The quantitative estimate of drug-likeness (QED) is 0.408. The van der Waals surface area contributed by atoms with E-state index in [0.29, 0.717) is 18.1 Å². The summed E-state index contributed by atoms with van der Waals surface area (Å²) in [5, 5.41) is 0.920. The molecule has 1 aliphatic rings. The molecule has 32 heavy (non-hydrogen) atoms. The van der Waals surface area contributed by atoms with E-state index in [9.17, 15) is 0 Å². The average molecular weight is 480 g/mol. The van der Waals surface area contributed by atoms with Crippen LogP contribution in [0.5, 0.6) is 11.5 Å². The topological polar surface area (TPSA) is 76.7 Å². The molecule has 174 valence electrons. The van der Waals surface area contributed by atoms with Crippen LogP contribution < -0.4 is 15.2 Å². The van der Waals surface area contributed by atoms with Gasteiger partial charge >= 0.3 is 0 Å². The van der Waals surface area contributed by atoms with E-state index in [1.54, 1.807) is 13.4 Å². The van der Waals surface area contributed by atoms with Crippen molar-refractivity contribution in [2.24, 2.45) is 0 Å². The van der Waals surface area contributed by atoms with Crippen molar-refractivity contribution in [1.82, 2.24) is 19.8 Å². The molecule has 1 aromatic heterocycles. The Kier molecular flexibility index (Phi) is 9.78. The molecule has 0 radical (unpaired) electrons. The predicted octanol–water partition coefficient (Wildman–Crippen LogP) is 3.75. The van der Waals surface area contributed by atoms with Crippen LogP contribution >= 0.6 is 24.8 Å². The van der Waals surface area contributed by atoms with Crippen molar-refractivity contribution in [2.45, 2.75) is 6.42 Å². The van der Waals surface area contributed by atoms with Crippen molar-refractivity contribution in [3.63, 3.8) is 0 Å². The number of nitrogens with zero attached hydrogens (tertiary/aromatic N) is 4. The number of anilines is 1. The van der Waals surface area contributed by atoms with Gasteiger partial charge in [0.15, 0.2) is 11.5 Å². The second-order valence-electron chi connectivity index (χ2n) is 7.71. The van der Waals surface area contributed by atoms with E-state index in [2.05, 4.69) is 26.8 Å². The Hall–Kier alpha value is -2.32. The largest absolute Gasteiger partial charge is 0.493 e. The van der Waals surface area contributed by atoms with E-state index in [0.717, 1.165) is 67.0 Å². The van der Waals surface area contributed by atoms with Gasteiger partial charge in [-0.15, -0.1) is 24.8 Å². The van der Waals surface area contributed by atoms with Gasteiger partial charge < -0.3 is 25.0 Å². The molecule has 0 amide bonds. The number of benzene rings is 2. The summed E-state index contributed by atoms with van der Waals surface area (Å²) < 4.78 is 11.7. The number of halogens is 2. The number of ether oxygens (including phenoxy) is 2. The lowest BCUT2D eigenvalue weighted by atomic mass is 10.1. The molecule has 0 bridgehead atoms. The first kappa shape index (κ1) is 25.9. The molecular formula is C23H31Cl2N5O2. The van der Waals surface area contributed by atoms with Crippen molar-refractivity contribution in [2.75, 3.05) is 59.2 Å². The van der Waals surface area contributed by atoms with Gasteiger partial charge in [0, 0.05) is 55.4 Å². The van der Waals surface area contributed by atoms with Gasteiger partial charge in [-0.1, -0.05) is 12.1 Å². The number of piperazine rings is 1. The maximum Gasteiger partial charge on any atom is 0.163 e. The van der Waals surface area contributed by atoms with Crippen molar-refractivity contribution >= 4 is 41.4 Å². The Morgan fingerprint density at radius 1 is 0.969 bits per heavy atom. The minimum atomic E-state index is 0. The van der Waals surface area contributed by atoms with Crippen LogP contribution in [0.3, 0.4) is 0 Å². The zero-order valence-electron chi connectivity index (χ0n) is 18.5. The number of fused-ring (bicyclic) bond motifs is 1. The second kappa shape index (κ2) is 12.1. The standard InChI is InChI=1S/C23H29N5O2.2ClH/c1-27-9-11-28(12-10-27)8-3-13-30-22-15-20-19(14-21(22)29-2)23(26-16-25-20)17-4-6-18(24)7-5-17;;/h4-7,14-16H,3,8-13,24H2,1-2H3;2*1H. The van der Waals surface area contributed by atoms with Crippen molar-refractivity contribution in [3.05, 3.63) is 42.7 Å². The molecule has 0 saturated carbocycles. The average Bonchev–Trinajstić information content (AvgIpc) is 2.77. The fourth-order valence-corrected chi connectivity index (χ4v) is 3.75. The Labute approximate surface area is 201 Å². The number of hydrogen-bond donors (Lipinski definition) is 1. The second-order valence-corrected chi connectivity index (χ2v) is 7.71. The number of nitrogen functional groups attached to an aromatic ring is 1. The number of hydrogen-bond acceptors (Lipinski definition) is 7. The third-order valence-corrected chi connectivity index (χ3v) is 5.58. The molecule has 3 aromatic rings. The highest BCUT2D eigenvalue weighted by molar-refractivity contribution is 5.94. The Morgan fingerprint density at radius 2 is 1.69 bits per heavy atom. The number of methoxy groups -OCH3 is 1. The summed E-state index contributed by atoms with van der Waals surface area (Å²) in [5.41, 5.74) is 9.20. The summed E-state index contributed by atoms with van der Waals surface area (Å²) in [6, 6.07) is 11.6. The maximum atomic E-state index is 6.07. The molecule has 4 rings (SSSR count). The Bertz CT molecular complexity index is 996. The molecule has 2 heterocycles. The highest BCUT2D eigenvalue weighted by Gasteiger charge is 2.15. The summed E-state index contributed by atoms with van der Waals surface area (Å²) in [4.78, 5) is 13.8. The molecule has 0 atom stereocenters. The van der Waals surface area contributed by atoms with Gasteiger partial charge in [0.25, 0.3) is 0 Å². The Morgan fingerprint density at radius 3 is 2.38 bits per heavy atom. The van der Waals surface area contributed by atoms with Gasteiger partial charge in [-0.2, -0.15) is 0 Å². The highest BCUT2D eigenvalue weighted by Crippen LogP contribution is 2.35. The van der Waals surface area contributed by atoms with Gasteiger partial charge in [0.2, 0.25) is 0 Å². The van der Waals surface area contributed by atoms with E-state index in [1.807, 2.05) is 36.4 Å². The van der Waals surface area contributed by atoms with Crippen LogP contribution in [-0.2, 0) is 0 Å². The van der Waals surface area contributed by atoms with Crippen molar-refractivity contribution in [1.29, 1.82) is 0 Å². The zero-order chi connectivity index (χ0) is 20.9. The van der Waals surface area contributed by atoms with Gasteiger partial charge in [-0.3, -0.25) is 0 Å². The molecule has 1 aliphatic heterocycles. The summed E-state index contributed by atoms with van der Waals surface area (Å²) in [7, 11) is 3.83. The molecule has 0 aliphatic carbocycles. The number of nitrogens with two attached hydrogens (primary N) is 1. The lowest BCUT2D eigenvalue weighted by molar-refractivity contribution is 0.145. The van der Waals surface area contributed by atoms with E-state index >= 15 is 0 Å². The predicted molar refractivity (Wildman–Crippen MR) is 134 cm³/mol. The van der Waals surface area contributed by atoms with Gasteiger partial charge in [-0.05, 0) is 31.7 Å². The van der Waals surface area contributed by atoms with Crippen LogP contribution in [-0.4, -0.2) is 73.3 Å². The molecule has 7 nitrogen and oxygen atoms in total. The minimum absolute atomic E-state index is 0. The van der Waals surface area contributed by atoms with Crippen LogP contribution in [0.25, 0.3) is 22.2 Å². The molecule has 9 heteroatoms. The smallest absolute Gasteiger partial charge is 0.163 e.